The zero-order chi connectivity index (χ0) is 14.9. The second-order valence-electron chi connectivity index (χ2n) is 6.08. The highest BCUT2D eigenvalue weighted by Crippen LogP contribution is 2.36. The van der Waals surface area contributed by atoms with Gasteiger partial charge in [0.25, 0.3) is 0 Å². The minimum absolute atomic E-state index is 0.0284. The van der Waals surface area contributed by atoms with Crippen LogP contribution in [0.15, 0.2) is 18.2 Å². The summed E-state index contributed by atoms with van der Waals surface area (Å²) >= 11 is 0. The molecule has 1 fully saturated rings. The van der Waals surface area contributed by atoms with Crippen LogP contribution in [0.5, 0.6) is 0 Å². The molecule has 1 unspecified atom stereocenters. The molecule has 1 atom stereocenters. The first-order chi connectivity index (χ1) is 10.2. The molecule has 1 aromatic heterocycles. The third-order valence-electron chi connectivity index (χ3n) is 4.51. The number of hydrogen-bond donors (Lipinski definition) is 1. The molecule has 1 aliphatic rings. The van der Waals surface area contributed by atoms with Gasteiger partial charge in [0, 0.05) is 12.6 Å². The Balaban J connectivity index is 2.17. The second kappa shape index (κ2) is 5.76. The third-order valence-corrected chi connectivity index (χ3v) is 4.51. The van der Waals surface area contributed by atoms with Crippen molar-refractivity contribution < 1.29 is 4.39 Å². The summed E-state index contributed by atoms with van der Waals surface area (Å²) in [7, 11) is 0. The number of aryl methyl sites for hydroxylation is 1. The van der Waals surface area contributed by atoms with Gasteiger partial charge in [0.1, 0.15) is 11.6 Å². The summed E-state index contributed by atoms with van der Waals surface area (Å²) < 4.78 is 15.8. The van der Waals surface area contributed by atoms with Crippen molar-refractivity contribution in [2.75, 3.05) is 6.54 Å². The smallest absolute Gasteiger partial charge is 0.130 e. The zero-order valence-electron chi connectivity index (χ0n) is 13.0. The first-order valence-corrected chi connectivity index (χ1v) is 8.11. The molecule has 3 rings (SSSR count). The first kappa shape index (κ1) is 14.5. The van der Waals surface area contributed by atoms with Gasteiger partial charge in [-0.2, -0.15) is 0 Å². The van der Waals surface area contributed by atoms with Gasteiger partial charge in [-0.15, -0.1) is 0 Å². The summed E-state index contributed by atoms with van der Waals surface area (Å²) in [6, 6.07) is 4.96. The quantitative estimate of drug-likeness (QED) is 0.902. The van der Waals surface area contributed by atoms with Crippen LogP contribution in [0.4, 0.5) is 4.39 Å². The zero-order valence-corrected chi connectivity index (χ0v) is 13.0. The van der Waals surface area contributed by atoms with Crippen molar-refractivity contribution in [1.82, 2.24) is 14.9 Å². The molecule has 114 valence electrons. The van der Waals surface area contributed by atoms with Gasteiger partial charge in [0.05, 0.1) is 16.6 Å². The molecule has 0 bridgehead atoms. The van der Waals surface area contributed by atoms with Crippen molar-refractivity contribution in [3.8, 4) is 0 Å². The molecule has 2 aromatic rings. The fraction of sp³-hybridized carbons (Fsp3) is 0.588. The van der Waals surface area contributed by atoms with Gasteiger partial charge in [-0.1, -0.05) is 20.3 Å². The highest BCUT2D eigenvalue weighted by molar-refractivity contribution is 5.76. The average Bonchev–Trinajstić information content (AvgIpc) is 3.06. The monoisotopic (exact) mass is 289 g/mol. The van der Waals surface area contributed by atoms with Crippen molar-refractivity contribution >= 4 is 11.0 Å². The van der Waals surface area contributed by atoms with Crippen LogP contribution < -0.4 is 5.32 Å². The minimum Gasteiger partial charge on any atom is -0.326 e. The Kier molecular flexibility index (Phi) is 3.98. The Hall–Kier alpha value is -1.42. The molecule has 1 saturated heterocycles. The number of benzene rings is 1. The molecule has 21 heavy (non-hydrogen) atoms. The lowest BCUT2D eigenvalue weighted by Gasteiger charge is -2.29. The van der Waals surface area contributed by atoms with E-state index < -0.39 is 0 Å². The van der Waals surface area contributed by atoms with Crippen LogP contribution in [0.3, 0.4) is 0 Å². The second-order valence-corrected chi connectivity index (χ2v) is 6.08. The van der Waals surface area contributed by atoms with E-state index in [1.807, 2.05) is 6.07 Å². The maximum atomic E-state index is 13.5. The number of nitrogens with one attached hydrogen (secondary N) is 1. The number of nitrogens with zero attached hydrogens (tertiary/aromatic N) is 2. The Morgan fingerprint density at radius 3 is 2.86 bits per heavy atom. The Labute approximate surface area is 125 Å². The lowest BCUT2D eigenvalue weighted by atomic mass is 9.91. The standard InChI is InChI=1S/C17H24FN3/c1-3-8-17(9-5-10-19-17)16-20-14-12-13(18)6-7-15(14)21(16)11-4-2/h6-7,12,19H,3-5,8-11H2,1-2H3. The maximum absolute atomic E-state index is 13.5. The average molecular weight is 289 g/mol. The van der Waals surface area contributed by atoms with E-state index in [0.29, 0.717) is 0 Å². The number of imidazole rings is 1. The summed E-state index contributed by atoms with van der Waals surface area (Å²) in [4.78, 5) is 4.83. The van der Waals surface area contributed by atoms with Crippen molar-refractivity contribution in [3.05, 3.63) is 29.8 Å². The van der Waals surface area contributed by atoms with Crippen LogP contribution in [-0.4, -0.2) is 16.1 Å². The van der Waals surface area contributed by atoms with E-state index in [1.165, 1.54) is 12.5 Å². The minimum atomic E-state index is -0.209. The largest absolute Gasteiger partial charge is 0.326 e. The van der Waals surface area contributed by atoms with Crippen molar-refractivity contribution in [3.63, 3.8) is 0 Å². The maximum Gasteiger partial charge on any atom is 0.130 e. The van der Waals surface area contributed by atoms with Gasteiger partial charge >= 0.3 is 0 Å². The van der Waals surface area contributed by atoms with Gasteiger partial charge < -0.3 is 9.88 Å². The Morgan fingerprint density at radius 1 is 1.33 bits per heavy atom. The number of halogens is 1. The molecular weight excluding hydrogens is 265 g/mol. The molecule has 3 nitrogen and oxygen atoms in total. The summed E-state index contributed by atoms with van der Waals surface area (Å²) in [5.74, 6) is 0.892. The SMILES string of the molecule is CCCn1c(C2(CCC)CCCN2)nc2cc(F)ccc21. The molecular formula is C17H24FN3. The molecule has 0 amide bonds. The topological polar surface area (TPSA) is 29.9 Å². The van der Waals surface area contributed by atoms with Crippen LogP contribution >= 0.6 is 0 Å². The van der Waals surface area contributed by atoms with Gasteiger partial charge in [0.2, 0.25) is 0 Å². The molecule has 0 saturated carbocycles. The highest BCUT2D eigenvalue weighted by atomic mass is 19.1. The van der Waals surface area contributed by atoms with Gasteiger partial charge in [-0.3, -0.25) is 0 Å². The fourth-order valence-corrected chi connectivity index (χ4v) is 3.67. The predicted molar refractivity (Wildman–Crippen MR) is 83.8 cm³/mol. The van der Waals surface area contributed by atoms with Crippen molar-refractivity contribution in [2.24, 2.45) is 0 Å². The summed E-state index contributed by atoms with van der Waals surface area (Å²) in [6.45, 7) is 6.37. The van der Waals surface area contributed by atoms with Crippen LogP contribution in [0.1, 0.15) is 51.8 Å². The van der Waals surface area contributed by atoms with Gasteiger partial charge in [-0.05, 0) is 44.4 Å². The predicted octanol–water partition coefficient (Wildman–Crippen LogP) is 3.96. The lowest BCUT2D eigenvalue weighted by Crippen LogP contribution is -2.39. The Bertz CT molecular complexity index is 626. The van der Waals surface area contributed by atoms with E-state index in [0.717, 1.165) is 55.6 Å². The number of hydrogen-bond acceptors (Lipinski definition) is 2. The molecule has 0 radical (unpaired) electrons. The molecule has 1 aromatic carbocycles. The van der Waals surface area contributed by atoms with Crippen LogP contribution in [0.2, 0.25) is 0 Å². The highest BCUT2D eigenvalue weighted by Gasteiger charge is 2.38. The fourth-order valence-electron chi connectivity index (χ4n) is 3.67. The lowest BCUT2D eigenvalue weighted by molar-refractivity contribution is 0.322. The van der Waals surface area contributed by atoms with Gasteiger partial charge in [-0.25, -0.2) is 9.37 Å². The van der Waals surface area contributed by atoms with Gasteiger partial charge in [0.15, 0.2) is 0 Å². The van der Waals surface area contributed by atoms with E-state index in [-0.39, 0.29) is 11.4 Å². The summed E-state index contributed by atoms with van der Waals surface area (Å²) in [5, 5.41) is 3.68. The summed E-state index contributed by atoms with van der Waals surface area (Å²) in [5.41, 5.74) is 1.81. The van der Waals surface area contributed by atoms with Crippen LogP contribution in [0, 0.1) is 5.82 Å². The number of fused-ring (bicyclic) bond motifs is 1. The van der Waals surface area contributed by atoms with Crippen LogP contribution in [0.25, 0.3) is 11.0 Å². The number of rotatable bonds is 5. The number of aromatic nitrogens is 2. The molecule has 1 aliphatic heterocycles. The first-order valence-electron chi connectivity index (χ1n) is 8.11. The van der Waals surface area contributed by atoms with Crippen molar-refractivity contribution in [1.29, 1.82) is 0 Å². The van der Waals surface area contributed by atoms with Crippen molar-refractivity contribution in [2.45, 2.75) is 58.0 Å². The van der Waals surface area contributed by atoms with E-state index in [2.05, 4.69) is 23.7 Å². The molecule has 2 heterocycles. The molecule has 4 heteroatoms. The molecule has 0 aliphatic carbocycles. The third kappa shape index (κ3) is 2.46. The van der Waals surface area contributed by atoms with E-state index in [9.17, 15) is 4.39 Å². The van der Waals surface area contributed by atoms with Crippen LogP contribution in [-0.2, 0) is 12.1 Å². The molecule has 1 N–H and O–H groups in total. The van der Waals surface area contributed by atoms with E-state index in [4.69, 9.17) is 4.98 Å². The normalized spacial score (nSPS) is 22.2. The molecule has 0 spiro atoms. The summed E-state index contributed by atoms with van der Waals surface area (Å²) in [6.07, 6.45) is 5.57. The van der Waals surface area contributed by atoms with E-state index >= 15 is 0 Å². The Morgan fingerprint density at radius 2 is 2.19 bits per heavy atom. The van der Waals surface area contributed by atoms with E-state index in [1.54, 1.807) is 6.07 Å².